The summed E-state index contributed by atoms with van der Waals surface area (Å²) in [6.45, 7) is 11.0. The topological polar surface area (TPSA) is 51.0 Å². The Morgan fingerprint density at radius 3 is 2.48 bits per heavy atom. The zero-order chi connectivity index (χ0) is 15.4. The maximum Gasteiger partial charge on any atom is 0.225 e. The highest BCUT2D eigenvalue weighted by Crippen LogP contribution is 2.22. The van der Waals surface area contributed by atoms with Crippen molar-refractivity contribution in [3.63, 3.8) is 0 Å². The fourth-order valence-electron chi connectivity index (χ4n) is 2.81. The number of rotatable bonds is 5. The van der Waals surface area contributed by atoms with Crippen molar-refractivity contribution in [1.82, 2.24) is 19.9 Å². The first-order valence-corrected chi connectivity index (χ1v) is 8.16. The van der Waals surface area contributed by atoms with Gasteiger partial charge < -0.3 is 4.90 Å². The lowest BCUT2D eigenvalue weighted by atomic mass is 9.93. The van der Waals surface area contributed by atoms with Crippen LogP contribution < -0.4 is 0 Å². The number of carbonyl (C=O) groups is 1. The van der Waals surface area contributed by atoms with E-state index in [1.54, 1.807) is 0 Å². The quantitative estimate of drug-likeness (QED) is 0.838. The highest BCUT2D eigenvalue weighted by molar-refractivity contribution is 5.78. The van der Waals surface area contributed by atoms with Crippen molar-refractivity contribution in [2.75, 3.05) is 13.1 Å². The van der Waals surface area contributed by atoms with Gasteiger partial charge in [-0.3, -0.25) is 9.48 Å². The molecule has 5 heteroatoms. The molecule has 1 saturated heterocycles. The lowest BCUT2D eigenvalue weighted by Gasteiger charge is -2.33. The summed E-state index contributed by atoms with van der Waals surface area (Å²) in [6.07, 6.45) is 5.42. The predicted octanol–water partition coefficient (Wildman–Crippen LogP) is 2.69. The Kier molecular flexibility index (Phi) is 5.37. The van der Waals surface area contributed by atoms with E-state index in [9.17, 15) is 4.79 Å². The Bertz CT molecular complexity index is 459. The number of amides is 1. The molecule has 1 amide bonds. The standard InChI is InChI=1S/C16H28N4O/c1-12(2)15-11-20(18-17-15)10-7-14-5-8-19(9-6-14)16(21)13(3)4/h11-14H,5-10H2,1-4H3. The molecule has 0 atom stereocenters. The second-order valence-corrected chi connectivity index (χ2v) is 6.77. The normalized spacial score (nSPS) is 17.0. The van der Waals surface area contributed by atoms with Gasteiger partial charge in [0.15, 0.2) is 0 Å². The molecule has 0 unspecified atom stereocenters. The molecule has 2 heterocycles. The summed E-state index contributed by atoms with van der Waals surface area (Å²) in [7, 11) is 0. The Hall–Kier alpha value is -1.39. The summed E-state index contributed by atoms with van der Waals surface area (Å²) in [5, 5.41) is 8.38. The molecule has 118 valence electrons. The van der Waals surface area contributed by atoms with Gasteiger partial charge in [0.2, 0.25) is 5.91 Å². The minimum atomic E-state index is 0.117. The van der Waals surface area contributed by atoms with Gasteiger partial charge in [-0.2, -0.15) is 0 Å². The van der Waals surface area contributed by atoms with E-state index in [2.05, 4.69) is 30.4 Å². The average Bonchev–Trinajstić information content (AvgIpc) is 2.94. The molecule has 1 aliphatic rings. The first-order valence-electron chi connectivity index (χ1n) is 8.16. The third kappa shape index (κ3) is 4.29. The maximum atomic E-state index is 12.0. The van der Waals surface area contributed by atoms with Crippen LogP contribution in [0.1, 0.15) is 58.6 Å². The SMILES string of the molecule is CC(C)C(=O)N1CCC(CCn2cc(C(C)C)nn2)CC1. The average molecular weight is 292 g/mol. The van der Waals surface area contributed by atoms with Crippen LogP contribution in [0.15, 0.2) is 6.20 Å². The molecule has 2 rings (SSSR count). The molecule has 0 saturated carbocycles. The van der Waals surface area contributed by atoms with Crippen molar-refractivity contribution in [3.8, 4) is 0 Å². The van der Waals surface area contributed by atoms with Crippen LogP contribution >= 0.6 is 0 Å². The zero-order valence-corrected chi connectivity index (χ0v) is 13.7. The van der Waals surface area contributed by atoms with Crippen LogP contribution in [0.2, 0.25) is 0 Å². The monoisotopic (exact) mass is 292 g/mol. The van der Waals surface area contributed by atoms with Crippen LogP contribution in [0.3, 0.4) is 0 Å². The van der Waals surface area contributed by atoms with Gasteiger partial charge in [0, 0.05) is 31.7 Å². The van der Waals surface area contributed by atoms with Crippen molar-refractivity contribution in [3.05, 3.63) is 11.9 Å². The maximum absolute atomic E-state index is 12.0. The summed E-state index contributed by atoms with van der Waals surface area (Å²) in [5.41, 5.74) is 1.06. The second-order valence-electron chi connectivity index (χ2n) is 6.77. The molecule has 1 aliphatic heterocycles. The van der Waals surface area contributed by atoms with Gasteiger partial charge in [-0.1, -0.05) is 32.9 Å². The van der Waals surface area contributed by atoms with E-state index in [1.807, 2.05) is 23.4 Å². The highest BCUT2D eigenvalue weighted by Gasteiger charge is 2.24. The number of carbonyl (C=O) groups excluding carboxylic acids is 1. The molecule has 1 aromatic heterocycles. The van der Waals surface area contributed by atoms with Gasteiger partial charge in [-0.25, -0.2) is 0 Å². The van der Waals surface area contributed by atoms with Crippen molar-refractivity contribution in [1.29, 1.82) is 0 Å². The molecule has 0 radical (unpaired) electrons. The Morgan fingerprint density at radius 1 is 1.29 bits per heavy atom. The Labute approximate surface area is 127 Å². The number of hydrogen-bond acceptors (Lipinski definition) is 3. The van der Waals surface area contributed by atoms with Crippen LogP contribution in [0, 0.1) is 11.8 Å². The summed E-state index contributed by atoms with van der Waals surface area (Å²) in [4.78, 5) is 14.0. The van der Waals surface area contributed by atoms with Gasteiger partial charge in [-0.15, -0.1) is 5.10 Å². The van der Waals surface area contributed by atoms with Gasteiger partial charge in [0.25, 0.3) is 0 Å². The summed E-state index contributed by atoms with van der Waals surface area (Å²) in [6, 6.07) is 0. The molecule has 21 heavy (non-hydrogen) atoms. The van der Waals surface area contributed by atoms with Crippen LogP contribution in [0.5, 0.6) is 0 Å². The van der Waals surface area contributed by atoms with Gasteiger partial charge >= 0.3 is 0 Å². The predicted molar refractivity (Wildman–Crippen MR) is 82.9 cm³/mol. The Balaban J connectivity index is 1.74. The third-order valence-electron chi connectivity index (χ3n) is 4.33. The number of piperidine rings is 1. The molecule has 0 aliphatic carbocycles. The van der Waals surface area contributed by atoms with E-state index in [4.69, 9.17) is 0 Å². The first-order chi connectivity index (χ1) is 9.97. The summed E-state index contributed by atoms with van der Waals surface area (Å²) < 4.78 is 1.96. The largest absolute Gasteiger partial charge is 0.342 e. The fourth-order valence-corrected chi connectivity index (χ4v) is 2.81. The molecule has 1 aromatic rings. The van der Waals surface area contributed by atoms with Crippen LogP contribution in [-0.4, -0.2) is 38.9 Å². The lowest BCUT2D eigenvalue weighted by Crippen LogP contribution is -2.40. The molecule has 0 aromatic carbocycles. The van der Waals surface area contributed by atoms with E-state index in [-0.39, 0.29) is 5.92 Å². The first kappa shape index (κ1) is 16.0. The minimum Gasteiger partial charge on any atom is -0.342 e. The number of likely N-dealkylation sites (tertiary alicyclic amines) is 1. The number of aromatic nitrogens is 3. The smallest absolute Gasteiger partial charge is 0.225 e. The van der Waals surface area contributed by atoms with Gasteiger partial charge in [-0.05, 0) is 31.1 Å². The van der Waals surface area contributed by atoms with Crippen molar-refractivity contribution in [2.24, 2.45) is 11.8 Å². The van der Waals surface area contributed by atoms with Crippen molar-refractivity contribution in [2.45, 2.75) is 59.4 Å². The molecule has 0 N–H and O–H groups in total. The van der Waals surface area contributed by atoms with Crippen molar-refractivity contribution >= 4 is 5.91 Å². The van der Waals surface area contributed by atoms with E-state index >= 15 is 0 Å². The third-order valence-corrected chi connectivity index (χ3v) is 4.33. The molecule has 1 fully saturated rings. The Morgan fingerprint density at radius 2 is 1.95 bits per heavy atom. The van der Waals surface area contributed by atoms with Gasteiger partial charge in [0.05, 0.1) is 5.69 Å². The highest BCUT2D eigenvalue weighted by atomic mass is 16.2. The molecule has 0 spiro atoms. The number of nitrogens with zero attached hydrogens (tertiary/aromatic N) is 4. The van der Waals surface area contributed by atoms with Crippen LogP contribution in [0.4, 0.5) is 0 Å². The minimum absolute atomic E-state index is 0.117. The number of hydrogen-bond donors (Lipinski definition) is 0. The van der Waals surface area contributed by atoms with Crippen LogP contribution in [0.25, 0.3) is 0 Å². The molecular formula is C16H28N4O. The van der Waals surface area contributed by atoms with Crippen molar-refractivity contribution < 1.29 is 4.79 Å². The van der Waals surface area contributed by atoms with E-state index in [0.717, 1.165) is 44.6 Å². The van der Waals surface area contributed by atoms with E-state index in [1.165, 1.54) is 0 Å². The number of aryl methyl sites for hydroxylation is 1. The van der Waals surface area contributed by atoms with Crippen LogP contribution in [-0.2, 0) is 11.3 Å². The van der Waals surface area contributed by atoms with Gasteiger partial charge in [0.1, 0.15) is 0 Å². The molecular weight excluding hydrogens is 264 g/mol. The molecule has 0 bridgehead atoms. The second kappa shape index (κ2) is 7.05. The van der Waals surface area contributed by atoms with E-state index in [0.29, 0.717) is 17.7 Å². The zero-order valence-electron chi connectivity index (χ0n) is 13.7. The molecule has 5 nitrogen and oxygen atoms in total. The lowest BCUT2D eigenvalue weighted by molar-refractivity contribution is -0.135. The fraction of sp³-hybridized carbons (Fsp3) is 0.812. The van der Waals surface area contributed by atoms with E-state index < -0.39 is 0 Å². The summed E-state index contributed by atoms with van der Waals surface area (Å²) in [5.74, 6) is 1.55. The summed E-state index contributed by atoms with van der Waals surface area (Å²) >= 11 is 0.